The molecule has 18 heavy (non-hydrogen) atoms. The fourth-order valence-electron chi connectivity index (χ4n) is 2.70. The molecule has 2 atom stereocenters. The first kappa shape index (κ1) is 15.4. The molecule has 1 amide bonds. The first-order chi connectivity index (χ1) is 8.44. The number of hydrogen-bond acceptors (Lipinski definition) is 3. The van der Waals surface area contributed by atoms with Gasteiger partial charge in [0.25, 0.3) is 0 Å². The van der Waals surface area contributed by atoms with Crippen LogP contribution in [-0.4, -0.2) is 38.3 Å². The fourth-order valence-corrected chi connectivity index (χ4v) is 2.70. The maximum atomic E-state index is 11.8. The summed E-state index contributed by atoms with van der Waals surface area (Å²) in [6.07, 6.45) is 4.88. The van der Waals surface area contributed by atoms with Gasteiger partial charge in [-0.1, -0.05) is 20.3 Å². The SMILES string of the molecule is COCCNC(=O)C(C)NC1CCCC(C)(C)C1. The molecule has 0 spiro atoms. The highest BCUT2D eigenvalue weighted by Crippen LogP contribution is 2.35. The zero-order valence-corrected chi connectivity index (χ0v) is 12.2. The Hall–Kier alpha value is -0.610. The van der Waals surface area contributed by atoms with Crippen LogP contribution in [0, 0.1) is 5.41 Å². The van der Waals surface area contributed by atoms with Crippen molar-refractivity contribution in [1.29, 1.82) is 0 Å². The Morgan fingerprint density at radius 3 is 2.83 bits per heavy atom. The van der Waals surface area contributed by atoms with Crippen molar-refractivity contribution in [3.63, 3.8) is 0 Å². The molecule has 2 N–H and O–H groups in total. The van der Waals surface area contributed by atoms with Crippen LogP contribution in [0.1, 0.15) is 46.5 Å². The monoisotopic (exact) mass is 256 g/mol. The van der Waals surface area contributed by atoms with E-state index in [2.05, 4.69) is 24.5 Å². The standard InChI is InChI=1S/C14H28N2O2/c1-11(13(17)15-8-9-18-4)16-12-6-5-7-14(2,3)10-12/h11-12,16H,5-10H2,1-4H3,(H,15,17). The Balaban J connectivity index is 2.30. The van der Waals surface area contributed by atoms with E-state index in [1.165, 1.54) is 19.3 Å². The van der Waals surface area contributed by atoms with Crippen molar-refractivity contribution < 1.29 is 9.53 Å². The second kappa shape index (κ2) is 7.10. The highest BCUT2D eigenvalue weighted by atomic mass is 16.5. The molecule has 4 nitrogen and oxygen atoms in total. The summed E-state index contributed by atoms with van der Waals surface area (Å²) in [6, 6.07) is 0.345. The van der Waals surface area contributed by atoms with Crippen LogP contribution < -0.4 is 10.6 Å². The maximum absolute atomic E-state index is 11.8. The van der Waals surface area contributed by atoms with Crippen LogP contribution in [0.5, 0.6) is 0 Å². The Bertz CT molecular complexity index is 267. The summed E-state index contributed by atoms with van der Waals surface area (Å²) in [5.41, 5.74) is 0.405. The van der Waals surface area contributed by atoms with Gasteiger partial charge in [0.2, 0.25) is 5.91 Å². The van der Waals surface area contributed by atoms with E-state index in [1.807, 2.05) is 6.92 Å². The molecule has 0 bridgehead atoms. The minimum absolute atomic E-state index is 0.0652. The lowest BCUT2D eigenvalue weighted by molar-refractivity contribution is -0.123. The van der Waals surface area contributed by atoms with Crippen LogP contribution in [0.15, 0.2) is 0 Å². The lowest BCUT2D eigenvalue weighted by Crippen LogP contribution is -2.49. The number of amides is 1. The zero-order valence-electron chi connectivity index (χ0n) is 12.2. The van der Waals surface area contributed by atoms with Crippen LogP contribution in [0.2, 0.25) is 0 Å². The summed E-state index contributed by atoms with van der Waals surface area (Å²) in [4.78, 5) is 11.8. The topological polar surface area (TPSA) is 50.4 Å². The van der Waals surface area contributed by atoms with Crippen molar-refractivity contribution >= 4 is 5.91 Å². The van der Waals surface area contributed by atoms with Gasteiger partial charge in [0.05, 0.1) is 12.6 Å². The van der Waals surface area contributed by atoms with Crippen molar-refractivity contribution in [1.82, 2.24) is 10.6 Å². The third-order valence-corrected chi connectivity index (χ3v) is 3.69. The third-order valence-electron chi connectivity index (χ3n) is 3.69. The second-order valence-corrected chi connectivity index (χ2v) is 6.13. The van der Waals surface area contributed by atoms with Crippen molar-refractivity contribution in [2.24, 2.45) is 5.41 Å². The molecular formula is C14H28N2O2. The van der Waals surface area contributed by atoms with Crippen molar-refractivity contribution in [3.8, 4) is 0 Å². The van der Waals surface area contributed by atoms with Gasteiger partial charge in [-0.3, -0.25) is 4.79 Å². The first-order valence-corrected chi connectivity index (χ1v) is 6.97. The molecule has 0 radical (unpaired) electrons. The number of carbonyl (C=O) groups is 1. The van der Waals surface area contributed by atoms with Crippen molar-refractivity contribution in [2.75, 3.05) is 20.3 Å². The molecule has 106 valence electrons. The Kier molecular flexibility index (Phi) is 6.09. The Morgan fingerprint density at radius 2 is 2.22 bits per heavy atom. The minimum Gasteiger partial charge on any atom is -0.383 e. The van der Waals surface area contributed by atoms with E-state index in [4.69, 9.17) is 4.74 Å². The molecule has 0 aromatic rings. The summed E-state index contributed by atoms with van der Waals surface area (Å²) < 4.78 is 4.91. The van der Waals surface area contributed by atoms with E-state index < -0.39 is 0 Å². The zero-order chi connectivity index (χ0) is 13.6. The maximum Gasteiger partial charge on any atom is 0.236 e. The highest BCUT2D eigenvalue weighted by Gasteiger charge is 2.29. The predicted octanol–water partition coefficient (Wildman–Crippen LogP) is 1.70. The lowest BCUT2D eigenvalue weighted by atomic mass is 9.75. The van der Waals surface area contributed by atoms with Gasteiger partial charge in [0.15, 0.2) is 0 Å². The average Bonchev–Trinajstić information content (AvgIpc) is 2.27. The van der Waals surface area contributed by atoms with Crippen molar-refractivity contribution in [3.05, 3.63) is 0 Å². The fraction of sp³-hybridized carbons (Fsp3) is 0.929. The number of methoxy groups -OCH3 is 1. The molecule has 1 rings (SSSR count). The van der Waals surface area contributed by atoms with Gasteiger partial charge in [0, 0.05) is 19.7 Å². The largest absolute Gasteiger partial charge is 0.383 e. The molecule has 1 fully saturated rings. The van der Waals surface area contributed by atoms with Crippen LogP contribution in [-0.2, 0) is 9.53 Å². The number of hydrogen-bond donors (Lipinski definition) is 2. The molecule has 0 aromatic heterocycles. The van der Waals surface area contributed by atoms with E-state index >= 15 is 0 Å². The van der Waals surface area contributed by atoms with Gasteiger partial charge in [-0.25, -0.2) is 0 Å². The molecule has 0 saturated heterocycles. The quantitative estimate of drug-likeness (QED) is 0.711. The predicted molar refractivity (Wildman–Crippen MR) is 73.5 cm³/mol. The average molecular weight is 256 g/mol. The van der Waals surface area contributed by atoms with Gasteiger partial charge in [0.1, 0.15) is 0 Å². The van der Waals surface area contributed by atoms with E-state index in [9.17, 15) is 4.79 Å². The molecule has 1 saturated carbocycles. The Morgan fingerprint density at radius 1 is 1.50 bits per heavy atom. The molecule has 2 unspecified atom stereocenters. The van der Waals surface area contributed by atoms with E-state index in [0.717, 1.165) is 6.42 Å². The molecule has 4 heteroatoms. The van der Waals surface area contributed by atoms with Crippen LogP contribution >= 0.6 is 0 Å². The van der Waals surface area contributed by atoms with Crippen LogP contribution in [0.25, 0.3) is 0 Å². The normalized spacial score (nSPS) is 24.6. The second-order valence-electron chi connectivity index (χ2n) is 6.13. The van der Waals surface area contributed by atoms with Gasteiger partial charge in [-0.05, 0) is 31.6 Å². The van der Waals surface area contributed by atoms with Crippen molar-refractivity contribution in [2.45, 2.75) is 58.5 Å². The van der Waals surface area contributed by atoms with Crippen LogP contribution in [0.3, 0.4) is 0 Å². The van der Waals surface area contributed by atoms with Gasteiger partial charge < -0.3 is 15.4 Å². The van der Waals surface area contributed by atoms with Crippen LogP contribution in [0.4, 0.5) is 0 Å². The summed E-state index contributed by atoms with van der Waals surface area (Å²) >= 11 is 0. The van der Waals surface area contributed by atoms with E-state index in [0.29, 0.717) is 24.6 Å². The molecule has 0 aromatic carbocycles. The summed E-state index contributed by atoms with van der Waals surface area (Å²) in [6.45, 7) is 7.70. The van der Waals surface area contributed by atoms with Gasteiger partial charge in [-0.2, -0.15) is 0 Å². The lowest BCUT2D eigenvalue weighted by Gasteiger charge is -2.36. The molecule has 1 aliphatic carbocycles. The first-order valence-electron chi connectivity index (χ1n) is 6.97. The number of ether oxygens (including phenoxy) is 1. The number of nitrogens with one attached hydrogen (secondary N) is 2. The van der Waals surface area contributed by atoms with E-state index in [-0.39, 0.29) is 11.9 Å². The third kappa shape index (κ3) is 5.36. The van der Waals surface area contributed by atoms with Gasteiger partial charge in [-0.15, -0.1) is 0 Å². The Labute approximate surface area is 111 Å². The number of carbonyl (C=O) groups excluding carboxylic acids is 1. The number of rotatable bonds is 6. The highest BCUT2D eigenvalue weighted by molar-refractivity contribution is 5.81. The molecular weight excluding hydrogens is 228 g/mol. The smallest absolute Gasteiger partial charge is 0.236 e. The summed E-state index contributed by atoms with van der Waals surface area (Å²) in [5.74, 6) is 0.0652. The molecule has 0 heterocycles. The minimum atomic E-state index is -0.124. The summed E-state index contributed by atoms with van der Waals surface area (Å²) in [7, 11) is 1.64. The van der Waals surface area contributed by atoms with Gasteiger partial charge >= 0.3 is 0 Å². The molecule has 1 aliphatic rings. The van der Waals surface area contributed by atoms with E-state index in [1.54, 1.807) is 7.11 Å². The summed E-state index contributed by atoms with van der Waals surface area (Å²) in [5, 5.41) is 6.32. The molecule has 0 aliphatic heterocycles.